The molecule has 1 atom stereocenters. The van der Waals surface area contributed by atoms with Crippen molar-refractivity contribution in [1.82, 2.24) is 5.32 Å². The first kappa shape index (κ1) is 15.9. The molecule has 21 heavy (non-hydrogen) atoms. The number of halogens is 1. The minimum Gasteiger partial charge on any atom is -0.375 e. The van der Waals surface area contributed by atoms with Crippen molar-refractivity contribution in [2.24, 2.45) is 0 Å². The SMILES string of the molecule is CC1(C)CC(NC(=O)c2ccc(S(=O)(=O)F)cc2)CCO1. The van der Waals surface area contributed by atoms with Crippen LogP contribution in [0.4, 0.5) is 3.89 Å². The van der Waals surface area contributed by atoms with Crippen LogP contribution in [0.15, 0.2) is 29.2 Å². The summed E-state index contributed by atoms with van der Waals surface area (Å²) >= 11 is 0. The summed E-state index contributed by atoms with van der Waals surface area (Å²) in [7, 11) is -4.74. The third-order valence-electron chi connectivity index (χ3n) is 3.43. The quantitative estimate of drug-likeness (QED) is 0.866. The summed E-state index contributed by atoms with van der Waals surface area (Å²) in [4.78, 5) is 11.6. The molecule has 1 aromatic carbocycles. The van der Waals surface area contributed by atoms with E-state index < -0.39 is 15.1 Å². The third-order valence-corrected chi connectivity index (χ3v) is 4.27. The molecule has 1 heterocycles. The molecule has 0 saturated carbocycles. The average Bonchev–Trinajstić information content (AvgIpc) is 2.36. The third kappa shape index (κ3) is 4.25. The van der Waals surface area contributed by atoms with Crippen LogP contribution >= 0.6 is 0 Å². The summed E-state index contributed by atoms with van der Waals surface area (Å²) in [6.07, 6.45) is 1.43. The fourth-order valence-electron chi connectivity index (χ4n) is 2.39. The Morgan fingerprint density at radius 3 is 2.48 bits per heavy atom. The van der Waals surface area contributed by atoms with E-state index in [1.54, 1.807) is 0 Å². The number of ether oxygens (including phenoxy) is 1. The maximum atomic E-state index is 12.8. The molecule has 1 saturated heterocycles. The fourth-order valence-corrected chi connectivity index (χ4v) is 2.85. The van der Waals surface area contributed by atoms with E-state index in [1.807, 2.05) is 13.8 Å². The number of amides is 1. The Balaban J connectivity index is 2.04. The molecule has 1 aromatic rings. The lowest BCUT2D eigenvalue weighted by atomic mass is 9.94. The van der Waals surface area contributed by atoms with E-state index in [9.17, 15) is 17.1 Å². The van der Waals surface area contributed by atoms with Gasteiger partial charge in [0.05, 0.1) is 10.5 Å². The molecule has 1 unspecified atom stereocenters. The molecule has 0 aromatic heterocycles. The second kappa shape index (κ2) is 5.73. The van der Waals surface area contributed by atoms with Gasteiger partial charge in [-0.15, -0.1) is 3.89 Å². The van der Waals surface area contributed by atoms with Crippen LogP contribution in [0.5, 0.6) is 0 Å². The van der Waals surface area contributed by atoms with Gasteiger partial charge in [0.2, 0.25) is 0 Å². The molecule has 116 valence electrons. The minimum atomic E-state index is -4.74. The standard InChI is InChI=1S/C14H18FNO4S/c1-14(2)9-11(7-8-20-14)16-13(17)10-3-5-12(6-4-10)21(15,18)19/h3-6,11H,7-9H2,1-2H3,(H,16,17). The summed E-state index contributed by atoms with van der Waals surface area (Å²) in [5.41, 5.74) is 0.0224. The Morgan fingerprint density at radius 2 is 1.95 bits per heavy atom. The molecular formula is C14H18FNO4S. The van der Waals surface area contributed by atoms with E-state index in [0.29, 0.717) is 18.6 Å². The molecule has 1 aliphatic heterocycles. The smallest absolute Gasteiger partial charge is 0.332 e. The number of hydrogen-bond donors (Lipinski definition) is 1. The Hall–Kier alpha value is -1.47. The summed E-state index contributed by atoms with van der Waals surface area (Å²) < 4.78 is 39.8. The van der Waals surface area contributed by atoms with Gasteiger partial charge in [-0.1, -0.05) is 0 Å². The number of carbonyl (C=O) groups excluding carboxylic acids is 1. The van der Waals surface area contributed by atoms with Crippen molar-refractivity contribution in [2.45, 2.75) is 43.2 Å². The fraction of sp³-hybridized carbons (Fsp3) is 0.500. The van der Waals surface area contributed by atoms with Crippen molar-refractivity contribution in [2.75, 3.05) is 6.61 Å². The zero-order valence-electron chi connectivity index (χ0n) is 11.9. The number of nitrogens with one attached hydrogen (secondary N) is 1. The van der Waals surface area contributed by atoms with Crippen LogP contribution in [0.2, 0.25) is 0 Å². The number of benzene rings is 1. The zero-order valence-corrected chi connectivity index (χ0v) is 12.7. The molecule has 0 aliphatic carbocycles. The van der Waals surface area contributed by atoms with Gasteiger partial charge in [0.25, 0.3) is 5.91 Å². The predicted octanol–water partition coefficient (Wildman–Crippen LogP) is 2.03. The van der Waals surface area contributed by atoms with Crippen molar-refractivity contribution >= 4 is 16.1 Å². The molecule has 5 nitrogen and oxygen atoms in total. The normalized spacial score (nSPS) is 21.8. The Bertz CT molecular complexity index is 625. The second-order valence-corrected chi connectivity index (χ2v) is 7.08. The maximum Gasteiger partial charge on any atom is 0.332 e. The largest absolute Gasteiger partial charge is 0.375 e. The van der Waals surface area contributed by atoms with Crippen LogP contribution in [0.1, 0.15) is 37.0 Å². The average molecular weight is 315 g/mol. The summed E-state index contributed by atoms with van der Waals surface area (Å²) in [5, 5.41) is 2.89. The highest BCUT2D eigenvalue weighted by Gasteiger charge is 2.29. The summed E-state index contributed by atoms with van der Waals surface area (Å²) in [5.74, 6) is -0.305. The topological polar surface area (TPSA) is 72.5 Å². The summed E-state index contributed by atoms with van der Waals surface area (Å²) in [6.45, 7) is 4.51. The van der Waals surface area contributed by atoms with Crippen molar-refractivity contribution in [3.8, 4) is 0 Å². The highest BCUT2D eigenvalue weighted by Crippen LogP contribution is 2.24. The number of carbonyl (C=O) groups is 1. The van der Waals surface area contributed by atoms with Crippen molar-refractivity contribution < 1.29 is 21.8 Å². The molecule has 1 fully saturated rings. The molecule has 2 rings (SSSR count). The Morgan fingerprint density at radius 1 is 1.33 bits per heavy atom. The molecular weight excluding hydrogens is 297 g/mol. The Labute approximate surface area is 123 Å². The van der Waals surface area contributed by atoms with E-state index in [0.717, 1.165) is 18.6 Å². The number of rotatable bonds is 3. The van der Waals surface area contributed by atoms with Crippen LogP contribution in [0.25, 0.3) is 0 Å². The van der Waals surface area contributed by atoms with Gasteiger partial charge in [0.1, 0.15) is 0 Å². The molecule has 0 bridgehead atoms. The lowest BCUT2D eigenvalue weighted by Gasteiger charge is -2.35. The van der Waals surface area contributed by atoms with Crippen molar-refractivity contribution in [3.05, 3.63) is 29.8 Å². The van der Waals surface area contributed by atoms with Gasteiger partial charge in [-0.2, -0.15) is 8.42 Å². The molecule has 1 N–H and O–H groups in total. The second-order valence-electron chi connectivity index (χ2n) is 5.73. The van der Waals surface area contributed by atoms with E-state index in [2.05, 4.69) is 5.32 Å². The maximum absolute atomic E-state index is 12.8. The molecule has 7 heteroatoms. The monoisotopic (exact) mass is 315 g/mol. The highest BCUT2D eigenvalue weighted by atomic mass is 32.3. The van der Waals surface area contributed by atoms with Crippen LogP contribution in [-0.2, 0) is 15.0 Å². The minimum absolute atomic E-state index is 0.00540. The van der Waals surface area contributed by atoms with E-state index in [1.165, 1.54) is 12.1 Å². The zero-order chi connectivity index (χ0) is 15.7. The van der Waals surface area contributed by atoms with Gasteiger partial charge >= 0.3 is 10.2 Å². The van der Waals surface area contributed by atoms with E-state index in [-0.39, 0.29) is 17.6 Å². The lowest BCUT2D eigenvalue weighted by Crippen LogP contribution is -2.45. The molecule has 1 amide bonds. The van der Waals surface area contributed by atoms with Crippen molar-refractivity contribution in [3.63, 3.8) is 0 Å². The molecule has 1 aliphatic rings. The molecule has 0 spiro atoms. The van der Waals surface area contributed by atoms with E-state index >= 15 is 0 Å². The first-order valence-electron chi connectivity index (χ1n) is 6.67. The Kier molecular flexibility index (Phi) is 4.34. The van der Waals surface area contributed by atoms with Crippen molar-refractivity contribution in [1.29, 1.82) is 0 Å². The first-order valence-corrected chi connectivity index (χ1v) is 8.05. The highest BCUT2D eigenvalue weighted by molar-refractivity contribution is 7.86. The van der Waals surface area contributed by atoms with Crippen LogP contribution in [-0.4, -0.2) is 32.6 Å². The van der Waals surface area contributed by atoms with Gasteiger partial charge in [-0.05, 0) is 51.0 Å². The first-order chi connectivity index (χ1) is 9.67. The van der Waals surface area contributed by atoms with Crippen LogP contribution in [0, 0.1) is 0 Å². The van der Waals surface area contributed by atoms with Gasteiger partial charge in [0.15, 0.2) is 0 Å². The van der Waals surface area contributed by atoms with Gasteiger partial charge in [-0.3, -0.25) is 4.79 Å². The number of hydrogen-bond acceptors (Lipinski definition) is 4. The van der Waals surface area contributed by atoms with Crippen LogP contribution in [0.3, 0.4) is 0 Å². The predicted molar refractivity (Wildman–Crippen MR) is 75.3 cm³/mol. The van der Waals surface area contributed by atoms with Gasteiger partial charge in [0, 0.05) is 18.2 Å². The van der Waals surface area contributed by atoms with Gasteiger partial charge in [-0.25, -0.2) is 0 Å². The summed E-state index contributed by atoms with van der Waals surface area (Å²) in [6, 6.07) is 4.76. The van der Waals surface area contributed by atoms with Crippen LogP contribution < -0.4 is 5.32 Å². The lowest BCUT2D eigenvalue weighted by molar-refractivity contribution is -0.0615. The van der Waals surface area contributed by atoms with E-state index in [4.69, 9.17) is 4.74 Å². The van der Waals surface area contributed by atoms with Gasteiger partial charge < -0.3 is 10.1 Å². The molecule has 0 radical (unpaired) electrons.